The predicted octanol–water partition coefficient (Wildman–Crippen LogP) is 2.99. The number of amides is 1. The van der Waals surface area contributed by atoms with Crippen molar-refractivity contribution in [2.45, 2.75) is 19.4 Å². The Morgan fingerprint density at radius 3 is 2.93 bits per heavy atom. The summed E-state index contributed by atoms with van der Waals surface area (Å²) in [4.78, 5) is 22.4. The number of nitrogens with one attached hydrogen (secondary N) is 1. The molecule has 4 rings (SSSR count). The molecule has 1 aliphatic heterocycles. The highest BCUT2D eigenvalue weighted by atomic mass is 32.1. The fourth-order valence-corrected chi connectivity index (χ4v) is 3.66. The van der Waals surface area contributed by atoms with Gasteiger partial charge in [-0.3, -0.25) is 14.8 Å². The number of para-hydroxylation sites is 1. The van der Waals surface area contributed by atoms with E-state index in [9.17, 15) is 4.79 Å². The van der Waals surface area contributed by atoms with Crippen molar-refractivity contribution in [1.82, 2.24) is 14.8 Å². The summed E-state index contributed by atoms with van der Waals surface area (Å²) in [5.41, 5.74) is 4.24. The van der Waals surface area contributed by atoms with Crippen molar-refractivity contribution >= 4 is 28.1 Å². The zero-order valence-corrected chi connectivity index (χ0v) is 16.5. The molecule has 1 N–H and O–H groups in total. The lowest BCUT2D eigenvalue weighted by Gasteiger charge is -2.08. The highest BCUT2D eigenvalue weighted by Gasteiger charge is 2.30. The van der Waals surface area contributed by atoms with E-state index in [0.717, 1.165) is 22.5 Å². The average molecular weight is 397 g/mol. The normalized spacial score (nSPS) is 15.8. The second-order valence-corrected chi connectivity index (χ2v) is 7.19. The molecule has 0 bridgehead atoms. The molecule has 144 valence electrons. The zero-order valence-electron chi connectivity index (χ0n) is 15.7. The van der Waals surface area contributed by atoms with Crippen molar-refractivity contribution in [2.24, 2.45) is 12.2 Å². The van der Waals surface area contributed by atoms with Gasteiger partial charge in [0.15, 0.2) is 5.13 Å². The van der Waals surface area contributed by atoms with Gasteiger partial charge in [0.05, 0.1) is 24.7 Å². The number of carbonyl (C=O) groups is 1. The minimum absolute atomic E-state index is 0.280. The minimum atomic E-state index is -0.701. The van der Waals surface area contributed by atoms with Crippen molar-refractivity contribution in [1.29, 1.82) is 0 Å². The summed E-state index contributed by atoms with van der Waals surface area (Å²) in [5, 5.41) is 13.5. The Labute approximate surface area is 165 Å². The predicted molar refractivity (Wildman–Crippen MR) is 107 cm³/mol. The van der Waals surface area contributed by atoms with Crippen LogP contribution in [0.2, 0.25) is 0 Å². The van der Waals surface area contributed by atoms with E-state index in [1.165, 1.54) is 11.3 Å². The standard InChI is InChI=1S/C19H19N5O3S/c1-11-13(9-20-24(11)2)15-10-28-19(21-15)22-18(25)17-8-14(23-27-17)12-6-4-5-7-16(12)26-3/h4-7,9-10,17H,8H2,1-3H3,(H,21,22,25). The third-order valence-electron chi connectivity index (χ3n) is 4.62. The Hall–Kier alpha value is -3.20. The van der Waals surface area contributed by atoms with E-state index in [1.807, 2.05) is 43.6 Å². The molecule has 28 heavy (non-hydrogen) atoms. The van der Waals surface area contributed by atoms with E-state index < -0.39 is 6.10 Å². The van der Waals surface area contributed by atoms with Crippen LogP contribution >= 0.6 is 11.3 Å². The van der Waals surface area contributed by atoms with Gasteiger partial charge in [-0.05, 0) is 19.1 Å². The molecule has 0 saturated carbocycles. The first-order valence-electron chi connectivity index (χ1n) is 8.68. The van der Waals surface area contributed by atoms with Crippen LogP contribution in [0.5, 0.6) is 5.75 Å². The third-order valence-corrected chi connectivity index (χ3v) is 5.38. The molecule has 1 aromatic carbocycles. The van der Waals surface area contributed by atoms with Gasteiger partial charge in [0.2, 0.25) is 6.10 Å². The lowest BCUT2D eigenvalue weighted by molar-refractivity contribution is -0.125. The Kier molecular flexibility index (Phi) is 4.82. The molecule has 1 unspecified atom stereocenters. The van der Waals surface area contributed by atoms with E-state index in [0.29, 0.717) is 23.0 Å². The molecular formula is C19H19N5O3S. The zero-order chi connectivity index (χ0) is 19.7. The number of methoxy groups -OCH3 is 1. The average Bonchev–Trinajstić information content (AvgIpc) is 3.43. The second kappa shape index (κ2) is 7.43. The Morgan fingerprint density at radius 1 is 1.36 bits per heavy atom. The van der Waals surface area contributed by atoms with E-state index in [4.69, 9.17) is 9.57 Å². The van der Waals surface area contributed by atoms with Crippen LogP contribution in [0.3, 0.4) is 0 Å². The molecule has 3 aromatic rings. The van der Waals surface area contributed by atoms with Crippen molar-refractivity contribution in [3.05, 3.63) is 47.1 Å². The first-order valence-corrected chi connectivity index (χ1v) is 9.56. The molecule has 3 heterocycles. The van der Waals surface area contributed by atoms with Gasteiger partial charge in [0.25, 0.3) is 5.91 Å². The monoisotopic (exact) mass is 397 g/mol. The number of benzene rings is 1. The number of oxime groups is 1. The largest absolute Gasteiger partial charge is 0.496 e. The summed E-state index contributed by atoms with van der Waals surface area (Å²) in [6.45, 7) is 1.98. The number of aryl methyl sites for hydroxylation is 1. The Morgan fingerprint density at radius 2 is 2.18 bits per heavy atom. The number of rotatable bonds is 5. The van der Waals surface area contributed by atoms with Crippen molar-refractivity contribution in [3.8, 4) is 17.0 Å². The fourth-order valence-electron chi connectivity index (χ4n) is 2.95. The maximum Gasteiger partial charge on any atom is 0.270 e. The molecule has 0 aliphatic carbocycles. The van der Waals surface area contributed by atoms with Crippen molar-refractivity contribution in [3.63, 3.8) is 0 Å². The fraction of sp³-hybridized carbons (Fsp3) is 0.263. The second-order valence-electron chi connectivity index (χ2n) is 6.33. The van der Waals surface area contributed by atoms with Crippen LogP contribution in [0.1, 0.15) is 17.7 Å². The van der Waals surface area contributed by atoms with Crippen molar-refractivity contribution < 1.29 is 14.4 Å². The summed E-state index contributed by atoms with van der Waals surface area (Å²) in [7, 11) is 3.48. The first kappa shape index (κ1) is 18.2. The van der Waals surface area contributed by atoms with E-state index in [1.54, 1.807) is 18.0 Å². The number of thiazole rings is 1. The molecule has 1 aliphatic rings. The first-order chi connectivity index (χ1) is 13.6. The molecule has 8 nitrogen and oxygen atoms in total. The number of nitrogens with zero attached hydrogens (tertiary/aromatic N) is 4. The lowest BCUT2D eigenvalue weighted by Crippen LogP contribution is -2.28. The molecule has 9 heteroatoms. The van der Waals surface area contributed by atoms with Crippen LogP contribution in [0.15, 0.2) is 41.0 Å². The van der Waals surface area contributed by atoms with Gasteiger partial charge in [-0.15, -0.1) is 11.3 Å². The molecule has 0 saturated heterocycles. The smallest absolute Gasteiger partial charge is 0.270 e. The number of hydrogen-bond acceptors (Lipinski definition) is 7. The molecule has 1 amide bonds. The maximum absolute atomic E-state index is 12.6. The molecule has 2 aromatic heterocycles. The molecule has 1 atom stereocenters. The van der Waals surface area contributed by atoms with Crippen LogP contribution in [0.25, 0.3) is 11.3 Å². The van der Waals surface area contributed by atoms with Crippen LogP contribution in [0, 0.1) is 6.92 Å². The van der Waals surface area contributed by atoms with Crippen LogP contribution in [0.4, 0.5) is 5.13 Å². The summed E-state index contributed by atoms with van der Waals surface area (Å²) >= 11 is 1.36. The van der Waals surface area contributed by atoms with Gasteiger partial charge in [-0.2, -0.15) is 5.10 Å². The highest BCUT2D eigenvalue weighted by Crippen LogP contribution is 2.28. The number of carbonyl (C=O) groups excluding carboxylic acids is 1. The summed E-state index contributed by atoms with van der Waals surface area (Å²) < 4.78 is 7.14. The maximum atomic E-state index is 12.6. The van der Waals surface area contributed by atoms with Gasteiger partial charge in [-0.1, -0.05) is 17.3 Å². The SMILES string of the molecule is COc1ccccc1C1=NOC(C(=O)Nc2nc(-c3cnn(C)c3C)cs2)C1. The third kappa shape index (κ3) is 3.36. The van der Waals surface area contributed by atoms with E-state index in [2.05, 4.69) is 20.6 Å². The van der Waals surface area contributed by atoms with Gasteiger partial charge in [-0.25, -0.2) is 4.98 Å². The summed E-state index contributed by atoms with van der Waals surface area (Å²) in [6.07, 6.45) is 1.43. The van der Waals surface area contributed by atoms with Crippen LogP contribution in [-0.2, 0) is 16.7 Å². The quantitative estimate of drug-likeness (QED) is 0.715. The number of anilines is 1. The van der Waals surface area contributed by atoms with Crippen LogP contribution < -0.4 is 10.1 Å². The highest BCUT2D eigenvalue weighted by molar-refractivity contribution is 7.14. The lowest BCUT2D eigenvalue weighted by atomic mass is 10.0. The van der Waals surface area contributed by atoms with Crippen molar-refractivity contribution in [2.75, 3.05) is 12.4 Å². The van der Waals surface area contributed by atoms with Gasteiger partial charge in [0.1, 0.15) is 5.75 Å². The topological polar surface area (TPSA) is 90.6 Å². The van der Waals surface area contributed by atoms with Gasteiger partial charge >= 0.3 is 0 Å². The molecule has 0 radical (unpaired) electrons. The molecular weight excluding hydrogens is 378 g/mol. The number of hydrogen-bond donors (Lipinski definition) is 1. The number of ether oxygens (including phenoxy) is 1. The van der Waals surface area contributed by atoms with Crippen LogP contribution in [-0.4, -0.2) is 39.6 Å². The summed E-state index contributed by atoms with van der Waals surface area (Å²) in [6, 6.07) is 7.52. The van der Waals surface area contributed by atoms with E-state index in [-0.39, 0.29) is 5.91 Å². The molecule has 0 fully saturated rings. The Balaban J connectivity index is 1.42. The van der Waals surface area contributed by atoms with Gasteiger partial charge < -0.3 is 9.57 Å². The molecule has 0 spiro atoms. The van der Waals surface area contributed by atoms with E-state index >= 15 is 0 Å². The Bertz CT molecular complexity index is 1060. The van der Waals surface area contributed by atoms with Gasteiger partial charge in [0, 0.05) is 35.7 Å². The summed E-state index contributed by atoms with van der Waals surface area (Å²) in [5.74, 6) is 0.416. The minimum Gasteiger partial charge on any atom is -0.496 e. The number of aromatic nitrogens is 3.